The maximum atomic E-state index is 11.0. The zero-order chi connectivity index (χ0) is 10.7. The van der Waals surface area contributed by atoms with Gasteiger partial charge in [-0.1, -0.05) is 30.1 Å². The molecule has 1 heterocycles. The Labute approximate surface area is 92.9 Å². The Kier molecular flexibility index (Phi) is 3.78. The fourth-order valence-electron chi connectivity index (χ4n) is 1.01. The topological polar surface area (TPSA) is 32.9 Å². The lowest BCUT2D eigenvalue weighted by atomic mass is 10.2. The second-order valence-electron chi connectivity index (χ2n) is 2.94. The van der Waals surface area contributed by atoms with Gasteiger partial charge < -0.3 is 4.98 Å². The van der Waals surface area contributed by atoms with Crippen LogP contribution in [0.4, 0.5) is 0 Å². The quantitative estimate of drug-likeness (QED) is 0.793. The Morgan fingerprint density at radius 2 is 2.14 bits per heavy atom. The molecule has 0 aliphatic heterocycles. The minimum atomic E-state index is 0.0752. The van der Waals surface area contributed by atoms with Crippen molar-refractivity contribution in [2.75, 3.05) is 0 Å². The number of hydrogen-bond acceptors (Lipinski definition) is 1. The largest absolute Gasteiger partial charge is 0.345 e. The average Bonchev–Trinajstić information content (AvgIpc) is 2.42. The molecule has 0 unspecified atom stereocenters. The summed E-state index contributed by atoms with van der Waals surface area (Å²) in [5.74, 6) is 0.0752. The average molecular weight is 232 g/mol. The van der Waals surface area contributed by atoms with Crippen LogP contribution in [0, 0.1) is 6.92 Å². The minimum absolute atomic E-state index is 0.0752. The van der Waals surface area contributed by atoms with Gasteiger partial charge in [0.15, 0.2) is 5.78 Å². The van der Waals surface area contributed by atoms with Crippen molar-refractivity contribution < 1.29 is 4.79 Å². The number of nitrogens with one attached hydrogen (secondary N) is 1. The molecule has 1 aromatic heterocycles. The van der Waals surface area contributed by atoms with Crippen LogP contribution in [0.5, 0.6) is 0 Å². The molecule has 4 heteroatoms. The summed E-state index contributed by atoms with van der Waals surface area (Å²) >= 11 is 11.6. The van der Waals surface area contributed by atoms with Crippen molar-refractivity contribution >= 4 is 35.1 Å². The van der Waals surface area contributed by atoms with Gasteiger partial charge in [-0.3, -0.25) is 4.79 Å². The van der Waals surface area contributed by atoms with E-state index in [4.69, 9.17) is 23.2 Å². The fraction of sp³-hybridized carbons (Fsp3) is 0.300. The summed E-state index contributed by atoms with van der Waals surface area (Å²) in [6.07, 6.45) is 3.71. The highest BCUT2D eigenvalue weighted by atomic mass is 35.5. The lowest BCUT2D eigenvalue weighted by Gasteiger charge is -1.90. The second kappa shape index (κ2) is 4.67. The van der Waals surface area contributed by atoms with Gasteiger partial charge in [-0.25, -0.2) is 0 Å². The number of carbonyl (C=O) groups is 1. The van der Waals surface area contributed by atoms with Gasteiger partial charge in [0.05, 0.1) is 5.02 Å². The van der Waals surface area contributed by atoms with Crippen molar-refractivity contribution in [1.29, 1.82) is 0 Å². The van der Waals surface area contributed by atoms with Gasteiger partial charge in [-0.15, -0.1) is 0 Å². The molecule has 0 aromatic carbocycles. The lowest BCUT2D eigenvalue weighted by Crippen LogP contribution is -1.87. The predicted octanol–water partition coefficient (Wildman–Crippen LogP) is 3.62. The third-order valence-corrected chi connectivity index (χ3v) is 2.81. The summed E-state index contributed by atoms with van der Waals surface area (Å²) in [6.45, 7) is 3.66. The Morgan fingerprint density at radius 1 is 1.50 bits per heavy atom. The van der Waals surface area contributed by atoms with E-state index in [0.29, 0.717) is 16.6 Å². The third kappa shape index (κ3) is 2.40. The van der Waals surface area contributed by atoms with Crippen LogP contribution >= 0.6 is 23.2 Å². The van der Waals surface area contributed by atoms with Crippen LogP contribution in [0.15, 0.2) is 6.08 Å². The molecule has 0 saturated carbocycles. The van der Waals surface area contributed by atoms with Gasteiger partial charge in [-0.2, -0.15) is 0 Å². The molecule has 0 fully saturated rings. The molecule has 1 rings (SSSR count). The number of allylic oxidation sites excluding steroid dienone is 1. The van der Waals surface area contributed by atoms with Gasteiger partial charge >= 0.3 is 0 Å². The number of hydrogen-bond donors (Lipinski definition) is 1. The van der Waals surface area contributed by atoms with Crippen LogP contribution in [0.3, 0.4) is 0 Å². The molecule has 0 spiro atoms. The highest BCUT2D eigenvalue weighted by Gasteiger charge is 2.08. The summed E-state index contributed by atoms with van der Waals surface area (Å²) in [4.78, 5) is 13.9. The normalized spacial score (nSPS) is 11.1. The number of carbonyl (C=O) groups excluding carboxylic acids is 1. The number of aromatic nitrogens is 1. The van der Waals surface area contributed by atoms with Gasteiger partial charge in [0.1, 0.15) is 5.15 Å². The minimum Gasteiger partial charge on any atom is -0.345 e. The first-order valence-corrected chi connectivity index (χ1v) is 5.06. The molecule has 0 aliphatic carbocycles. The third-order valence-electron chi connectivity index (χ3n) is 1.95. The zero-order valence-corrected chi connectivity index (χ0v) is 9.54. The molecule has 76 valence electrons. The van der Waals surface area contributed by atoms with Crippen LogP contribution in [-0.2, 0) is 4.79 Å². The molecule has 2 nitrogen and oxygen atoms in total. The smallest absolute Gasteiger partial charge is 0.155 e. The van der Waals surface area contributed by atoms with Crippen molar-refractivity contribution in [2.45, 2.75) is 20.3 Å². The highest BCUT2D eigenvalue weighted by molar-refractivity contribution is 6.42. The van der Waals surface area contributed by atoms with E-state index in [-0.39, 0.29) is 5.78 Å². The van der Waals surface area contributed by atoms with E-state index in [9.17, 15) is 4.79 Å². The van der Waals surface area contributed by atoms with E-state index in [0.717, 1.165) is 11.3 Å². The number of aromatic amines is 1. The van der Waals surface area contributed by atoms with Gasteiger partial charge in [-0.05, 0) is 24.6 Å². The number of rotatable bonds is 3. The molecule has 0 saturated heterocycles. The Morgan fingerprint density at radius 3 is 2.57 bits per heavy atom. The first kappa shape index (κ1) is 11.3. The summed E-state index contributed by atoms with van der Waals surface area (Å²) in [5.41, 5.74) is 1.64. The lowest BCUT2D eigenvalue weighted by molar-refractivity contribution is -0.114. The molecular formula is C10H11Cl2NO. The van der Waals surface area contributed by atoms with E-state index in [1.807, 2.05) is 13.8 Å². The van der Waals surface area contributed by atoms with Crippen LogP contribution in [0.2, 0.25) is 10.2 Å². The molecular weight excluding hydrogens is 221 g/mol. The molecule has 0 aliphatic rings. The van der Waals surface area contributed by atoms with Gasteiger partial charge in [0.2, 0.25) is 0 Å². The number of halogens is 2. The molecule has 1 aromatic rings. The summed E-state index contributed by atoms with van der Waals surface area (Å²) < 4.78 is 0. The van der Waals surface area contributed by atoms with Crippen LogP contribution in [-0.4, -0.2) is 10.8 Å². The molecule has 0 radical (unpaired) electrons. The van der Waals surface area contributed by atoms with E-state index >= 15 is 0 Å². The maximum absolute atomic E-state index is 11.0. The zero-order valence-electron chi connectivity index (χ0n) is 8.03. The summed E-state index contributed by atoms with van der Waals surface area (Å²) in [5, 5.41) is 0.919. The maximum Gasteiger partial charge on any atom is 0.155 e. The van der Waals surface area contributed by atoms with E-state index in [1.165, 1.54) is 6.08 Å². The standard InChI is InChI=1S/C10H11Cl2NO/c1-3-7(14)4-5-8-6(2)9(11)10(12)13-8/h4-5,13H,3H2,1-2H3/b5-4+. The predicted molar refractivity (Wildman–Crippen MR) is 59.9 cm³/mol. The number of ketones is 1. The van der Waals surface area contributed by atoms with E-state index in [1.54, 1.807) is 6.08 Å². The molecule has 14 heavy (non-hydrogen) atoms. The first-order valence-electron chi connectivity index (χ1n) is 4.30. The highest BCUT2D eigenvalue weighted by Crippen LogP contribution is 2.28. The molecule has 1 N–H and O–H groups in total. The second-order valence-corrected chi connectivity index (χ2v) is 3.70. The molecule has 0 amide bonds. The summed E-state index contributed by atoms with van der Waals surface area (Å²) in [7, 11) is 0. The van der Waals surface area contributed by atoms with Gasteiger partial charge in [0, 0.05) is 12.1 Å². The summed E-state index contributed by atoms with van der Waals surface area (Å²) in [6, 6.07) is 0. The van der Waals surface area contributed by atoms with Crippen molar-refractivity contribution in [3.8, 4) is 0 Å². The Balaban J connectivity index is 2.92. The van der Waals surface area contributed by atoms with Crippen molar-refractivity contribution in [1.82, 2.24) is 4.98 Å². The monoisotopic (exact) mass is 231 g/mol. The van der Waals surface area contributed by atoms with Crippen LogP contribution in [0.25, 0.3) is 6.08 Å². The van der Waals surface area contributed by atoms with E-state index in [2.05, 4.69) is 4.98 Å². The number of H-pyrrole nitrogens is 1. The van der Waals surface area contributed by atoms with Gasteiger partial charge in [0.25, 0.3) is 0 Å². The Hall–Kier alpha value is -0.730. The fourth-order valence-corrected chi connectivity index (χ4v) is 1.40. The Bertz CT molecular complexity index is 380. The van der Waals surface area contributed by atoms with Crippen LogP contribution in [0.1, 0.15) is 24.6 Å². The van der Waals surface area contributed by atoms with Crippen molar-refractivity contribution in [3.05, 3.63) is 27.5 Å². The molecule has 0 bridgehead atoms. The van der Waals surface area contributed by atoms with E-state index < -0.39 is 0 Å². The van der Waals surface area contributed by atoms with Crippen LogP contribution < -0.4 is 0 Å². The molecule has 0 atom stereocenters. The first-order chi connectivity index (χ1) is 6.56. The SMILES string of the molecule is CCC(=O)/C=C/c1[nH]c(Cl)c(Cl)c1C. The van der Waals surface area contributed by atoms with Crippen molar-refractivity contribution in [3.63, 3.8) is 0 Å². The van der Waals surface area contributed by atoms with Crippen molar-refractivity contribution in [2.24, 2.45) is 0 Å².